The SMILES string of the molecule is O=C(CC1CN(Cc2ccccc2)CCO1)Nc1ccc(-c2nc3ccccc3o2)cc1. The van der Waals surface area contributed by atoms with Crippen molar-refractivity contribution in [3.63, 3.8) is 0 Å². The average molecular weight is 428 g/mol. The lowest BCUT2D eigenvalue weighted by atomic mass is 10.1. The van der Waals surface area contributed by atoms with Crippen molar-refractivity contribution in [2.24, 2.45) is 0 Å². The Morgan fingerprint density at radius 3 is 2.59 bits per heavy atom. The minimum absolute atomic E-state index is 0.0498. The minimum Gasteiger partial charge on any atom is -0.436 e. The molecule has 1 unspecified atom stereocenters. The molecular weight excluding hydrogens is 402 g/mol. The first kappa shape index (κ1) is 20.4. The number of ether oxygens (including phenoxy) is 1. The van der Waals surface area contributed by atoms with Crippen molar-refractivity contribution in [3.05, 3.63) is 84.4 Å². The lowest BCUT2D eigenvalue weighted by molar-refractivity contribution is -0.121. The molecule has 1 aliphatic rings. The predicted molar refractivity (Wildman–Crippen MR) is 124 cm³/mol. The summed E-state index contributed by atoms with van der Waals surface area (Å²) in [7, 11) is 0. The van der Waals surface area contributed by atoms with Crippen LogP contribution in [0.5, 0.6) is 0 Å². The maximum Gasteiger partial charge on any atom is 0.227 e. The second kappa shape index (κ2) is 9.34. The summed E-state index contributed by atoms with van der Waals surface area (Å²) in [4.78, 5) is 19.4. The van der Waals surface area contributed by atoms with Crippen LogP contribution >= 0.6 is 0 Å². The Morgan fingerprint density at radius 1 is 1.00 bits per heavy atom. The third-order valence-electron chi connectivity index (χ3n) is 5.59. The van der Waals surface area contributed by atoms with E-state index >= 15 is 0 Å². The lowest BCUT2D eigenvalue weighted by Gasteiger charge is -2.32. The summed E-state index contributed by atoms with van der Waals surface area (Å²) in [5, 5.41) is 2.97. The Morgan fingerprint density at radius 2 is 1.78 bits per heavy atom. The third kappa shape index (κ3) is 4.88. The molecule has 6 heteroatoms. The van der Waals surface area contributed by atoms with E-state index in [0.29, 0.717) is 18.9 Å². The summed E-state index contributed by atoms with van der Waals surface area (Å²) >= 11 is 0. The third-order valence-corrected chi connectivity index (χ3v) is 5.59. The van der Waals surface area contributed by atoms with Crippen LogP contribution in [0.15, 0.2) is 83.3 Å². The Labute approximate surface area is 186 Å². The van der Waals surface area contributed by atoms with E-state index in [1.165, 1.54) is 5.56 Å². The number of rotatable bonds is 6. The van der Waals surface area contributed by atoms with Crippen LogP contribution in [0.25, 0.3) is 22.6 Å². The molecule has 4 aromatic rings. The fourth-order valence-electron chi connectivity index (χ4n) is 4.00. The van der Waals surface area contributed by atoms with Crippen LogP contribution in [-0.4, -0.2) is 41.6 Å². The molecule has 1 aromatic heterocycles. The van der Waals surface area contributed by atoms with Crippen molar-refractivity contribution in [1.82, 2.24) is 9.88 Å². The fraction of sp³-hybridized carbons (Fsp3) is 0.231. The number of hydrogen-bond donors (Lipinski definition) is 1. The van der Waals surface area contributed by atoms with E-state index in [9.17, 15) is 4.79 Å². The van der Waals surface area contributed by atoms with E-state index < -0.39 is 0 Å². The standard InChI is InChI=1S/C26H25N3O3/c30-25(16-22-18-29(14-15-31-22)17-19-6-2-1-3-7-19)27-21-12-10-20(11-13-21)26-28-23-8-4-5-9-24(23)32-26/h1-13,22H,14-18H2,(H,27,30). The number of carbonyl (C=O) groups excluding carboxylic acids is 1. The molecule has 1 atom stereocenters. The van der Waals surface area contributed by atoms with Gasteiger partial charge in [-0.2, -0.15) is 0 Å². The number of nitrogens with one attached hydrogen (secondary N) is 1. The van der Waals surface area contributed by atoms with Gasteiger partial charge in [-0.25, -0.2) is 4.98 Å². The zero-order chi connectivity index (χ0) is 21.8. The number of para-hydroxylation sites is 2. The first-order valence-electron chi connectivity index (χ1n) is 10.9. The summed E-state index contributed by atoms with van der Waals surface area (Å²) in [5.74, 6) is 0.518. The van der Waals surface area contributed by atoms with E-state index in [-0.39, 0.29) is 12.0 Å². The molecule has 0 radical (unpaired) electrons. The Hall–Kier alpha value is -3.48. The average Bonchev–Trinajstić information content (AvgIpc) is 3.25. The molecule has 2 heterocycles. The number of benzene rings is 3. The fourth-order valence-corrected chi connectivity index (χ4v) is 4.00. The summed E-state index contributed by atoms with van der Waals surface area (Å²) in [6.07, 6.45) is 0.226. The van der Waals surface area contributed by atoms with Crippen LogP contribution in [0.2, 0.25) is 0 Å². The summed E-state index contributed by atoms with van der Waals surface area (Å²) in [6, 6.07) is 25.6. The van der Waals surface area contributed by atoms with Crippen LogP contribution in [0.1, 0.15) is 12.0 Å². The van der Waals surface area contributed by atoms with Gasteiger partial charge in [-0.15, -0.1) is 0 Å². The van der Waals surface area contributed by atoms with E-state index in [1.54, 1.807) is 0 Å². The predicted octanol–water partition coefficient (Wildman–Crippen LogP) is 4.72. The first-order valence-corrected chi connectivity index (χ1v) is 10.9. The van der Waals surface area contributed by atoms with Gasteiger partial charge in [0.2, 0.25) is 11.8 Å². The van der Waals surface area contributed by atoms with Gasteiger partial charge in [-0.1, -0.05) is 42.5 Å². The molecule has 1 fully saturated rings. The van der Waals surface area contributed by atoms with Crippen LogP contribution in [0, 0.1) is 0 Å². The molecule has 3 aromatic carbocycles. The van der Waals surface area contributed by atoms with Gasteiger partial charge >= 0.3 is 0 Å². The molecule has 1 saturated heterocycles. The second-order valence-corrected chi connectivity index (χ2v) is 8.03. The van der Waals surface area contributed by atoms with E-state index in [4.69, 9.17) is 9.15 Å². The molecule has 6 nitrogen and oxygen atoms in total. The zero-order valence-electron chi connectivity index (χ0n) is 17.7. The van der Waals surface area contributed by atoms with Crippen molar-refractivity contribution in [1.29, 1.82) is 0 Å². The number of aromatic nitrogens is 1. The molecular formula is C26H25N3O3. The highest BCUT2D eigenvalue weighted by atomic mass is 16.5. The molecule has 0 bridgehead atoms. The lowest BCUT2D eigenvalue weighted by Crippen LogP contribution is -2.43. The van der Waals surface area contributed by atoms with E-state index in [2.05, 4.69) is 39.5 Å². The molecule has 1 aliphatic heterocycles. The van der Waals surface area contributed by atoms with Gasteiger partial charge < -0.3 is 14.5 Å². The van der Waals surface area contributed by atoms with Crippen LogP contribution in [0.3, 0.4) is 0 Å². The molecule has 1 N–H and O–H groups in total. The van der Waals surface area contributed by atoms with Crippen LogP contribution in [-0.2, 0) is 16.1 Å². The number of morpholine rings is 1. The number of oxazole rings is 1. The van der Waals surface area contributed by atoms with Crippen molar-refractivity contribution in [2.75, 3.05) is 25.0 Å². The van der Waals surface area contributed by atoms with Crippen LogP contribution in [0.4, 0.5) is 5.69 Å². The number of anilines is 1. The number of amides is 1. The second-order valence-electron chi connectivity index (χ2n) is 8.03. The van der Waals surface area contributed by atoms with Gasteiger partial charge in [-0.05, 0) is 42.0 Å². The molecule has 162 valence electrons. The van der Waals surface area contributed by atoms with Crippen molar-refractivity contribution in [3.8, 4) is 11.5 Å². The Bertz CT molecular complexity index is 1150. The van der Waals surface area contributed by atoms with Gasteiger partial charge in [0.25, 0.3) is 0 Å². The number of carbonyl (C=O) groups is 1. The summed E-state index contributed by atoms with van der Waals surface area (Å²) in [5.41, 5.74) is 4.47. The van der Waals surface area contributed by atoms with E-state index in [0.717, 1.165) is 42.0 Å². The highest BCUT2D eigenvalue weighted by Crippen LogP contribution is 2.25. The smallest absolute Gasteiger partial charge is 0.227 e. The topological polar surface area (TPSA) is 67.6 Å². The molecule has 1 amide bonds. The van der Waals surface area contributed by atoms with Gasteiger partial charge in [0, 0.05) is 30.9 Å². The molecule has 0 spiro atoms. The maximum absolute atomic E-state index is 12.6. The minimum atomic E-state index is -0.105. The zero-order valence-corrected chi connectivity index (χ0v) is 17.7. The van der Waals surface area contributed by atoms with Gasteiger partial charge in [-0.3, -0.25) is 9.69 Å². The van der Waals surface area contributed by atoms with Crippen molar-refractivity contribution in [2.45, 2.75) is 19.1 Å². The maximum atomic E-state index is 12.6. The number of nitrogens with zero attached hydrogens (tertiary/aromatic N) is 2. The molecule has 0 saturated carbocycles. The highest BCUT2D eigenvalue weighted by Gasteiger charge is 2.23. The largest absolute Gasteiger partial charge is 0.436 e. The molecule has 0 aliphatic carbocycles. The van der Waals surface area contributed by atoms with Gasteiger partial charge in [0.1, 0.15) is 5.52 Å². The summed E-state index contributed by atoms with van der Waals surface area (Å²) < 4.78 is 11.6. The van der Waals surface area contributed by atoms with E-state index in [1.807, 2.05) is 54.6 Å². The van der Waals surface area contributed by atoms with Gasteiger partial charge in [0.15, 0.2) is 5.58 Å². The monoisotopic (exact) mass is 427 g/mol. The van der Waals surface area contributed by atoms with Crippen LogP contribution < -0.4 is 5.32 Å². The van der Waals surface area contributed by atoms with Crippen molar-refractivity contribution >= 4 is 22.7 Å². The Balaban J connectivity index is 1.16. The first-order chi connectivity index (χ1) is 15.7. The highest BCUT2D eigenvalue weighted by molar-refractivity contribution is 5.91. The number of hydrogen-bond acceptors (Lipinski definition) is 5. The Kier molecular flexibility index (Phi) is 5.96. The number of fused-ring (bicyclic) bond motifs is 1. The summed E-state index contributed by atoms with van der Waals surface area (Å²) in [6.45, 7) is 3.15. The molecule has 32 heavy (non-hydrogen) atoms. The molecule has 5 rings (SSSR count). The van der Waals surface area contributed by atoms with Gasteiger partial charge in [0.05, 0.1) is 19.1 Å². The van der Waals surface area contributed by atoms with Crippen molar-refractivity contribution < 1.29 is 13.9 Å². The normalized spacial score (nSPS) is 16.8. The quantitative estimate of drug-likeness (QED) is 0.482.